The van der Waals surface area contributed by atoms with E-state index >= 15 is 0 Å². The molecule has 2 nitrogen and oxygen atoms in total. The molecule has 268 valence electrons. The van der Waals surface area contributed by atoms with E-state index in [0.29, 0.717) is 0 Å². The van der Waals surface area contributed by atoms with Gasteiger partial charge in [-0.15, -0.1) is 11.3 Å². The Balaban J connectivity index is 1.05. The summed E-state index contributed by atoms with van der Waals surface area (Å²) in [5.74, 6) is 0. The molecule has 2 aliphatic carbocycles. The molecule has 1 N–H and O–H groups in total. The summed E-state index contributed by atoms with van der Waals surface area (Å²) >= 11 is 1.89. The molecule has 0 saturated heterocycles. The first-order valence-corrected chi connectivity index (χ1v) is 20.5. The molecule has 0 spiro atoms. The highest BCUT2D eigenvalue weighted by Crippen LogP contribution is 2.45. The molecule has 0 radical (unpaired) electrons. The number of para-hydroxylation sites is 1. The monoisotopic (exact) mass is 736 g/mol. The van der Waals surface area contributed by atoms with Crippen LogP contribution in [0.3, 0.4) is 0 Å². The zero-order chi connectivity index (χ0) is 37.2. The highest BCUT2D eigenvalue weighted by molar-refractivity contribution is 7.26. The van der Waals surface area contributed by atoms with Gasteiger partial charge in [0.2, 0.25) is 0 Å². The number of thiophene rings is 1. The van der Waals surface area contributed by atoms with Crippen LogP contribution in [-0.2, 0) is 5.41 Å². The van der Waals surface area contributed by atoms with E-state index in [0.717, 1.165) is 30.6 Å². The minimum atomic E-state index is -0.177. The van der Waals surface area contributed by atoms with Gasteiger partial charge in [-0.1, -0.05) is 134 Å². The molecule has 11 rings (SSSR count). The second kappa shape index (κ2) is 13.1. The van der Waals surface area contributed by atoms with Crippen molar-refractivity contribution in [3.8, 4) is 22.3 Å². The SMILES string of the molecule is CC1(c2cc(-c3ccc4c(c3)c3ccccc3n4C3=CCCC=C3)ccc2Nc2cc(-c3cccc4c3sc3ccccc34)cc3ccccc23)C=CC=CC1. The predicted octanol–water partition coefficient (Wildman–Crippen LogP) is 15.4. The topological polar surface area (TPSA) is 17.0 Å². The molecule has 0 aliphatic heterocycles. The third kappa shape index (κ3) is 5.38. The molecule has 2 aliphatic rings. The predicted molar refractivity (Wildman–Crippen MR) is 243 cm³/mol. The fraction of sp³-hybridized carbons (Fsp3) is 0.0943. The van der Waals surface area contributed by atoms with Crippen LogP contribution in [0.25, 0.3) is 80.7 Å². The molecule has 56 heavy (non-hydrogen) atoms. The first-order valence-electron chi connectivity index (χ1n) is 19.7. The van der Waals surface area contributed by atoms with E-state index in [2.05, 4.69) is 199 Å². The van der Waals surface area contributed by atoms with Gasteiger partial charge in [0.1, 0.15) is 0 Å². The number of rotatable bonds is 6. The Morgan fingerprint density at radius 2 is 1.38 bits per heavy atom. The Morgan fingerprint density at radius 3 is 2.25 bits per heavy atom. The van der Waals surface area contributed by atoms with E-state index < -0.39 is 0 Å². The number of hydrogen-bond donors (Lipinski definition) is 1. The van der Waals surface area contributed by atoms with Crippen LogP contribution in [0.2, 0.25) is 0 Å². The van der Waals surface area contributed by atoms with Crippen molar-refractivity contribution >= 4 is 81.2 Å². The third-order valence-corrected chi connectivity index (χ3v) is 13.2. The van der Waals surface area contributed by atoms with Crippen molar-refractivity contribution < 1.29 is 0 Å². The summed E-state index contributed by atoms with van der Waals surface area (Å²) in [6.45, 7) is 2.37. The summed E-state index contributed by atoms with van der Waals surface area (Å²) < 4.78 is 5.09. The zero-order valence-electron chi connectivity index (χ0n) is 31.3. The van der Waals surface area contributed by atoms with Gasteiger partial charge >= 0.3 is 0 Å². The first-order chi connectivity index (χ1) is 27.6. The van der Waals surface area contributed by atoms with Gasteiger partial charge in [-0.3, -0.25) is 0 Å². The van der Waals surface area contributed by atoms with Gasteiger partial charge < -0.3 is 9.88 Å². The lowest BCUT2D eigenvalue weighted by atomic mass is 9.75. The average Bonchev–Trinajstić information content (AvgIpc) is 3.80. The maximum atomic E-state index is 4.02. The highest BCUT2D eigenvalue weighted by atomic mass is 32.1. The standard InChI is InChI=1S/C53H40N2S/c1-53(29-12-3-13-30-53)46-33-36(35-26-28-50-45(32-35)42-19-8-10-23-49(42)55(50)39-16-4-2-5-17-39)25-27-47(46)54-48-34-38(31-37-15-6-7-18-40(37)48)41-21-14-22-44-43-20-9-11-24-51(43)56-52(41)44/h3-4,6-29,31-34,54H,2,5,30H2,1H3. The third-order valence-electron chi connectivity index (χ3n) is 12.0. The largest absolute Gasteiger partial charge is 0.355 e. The number of nitrogens with one attached hydrogen (secondary N) is 1. The van der Waals surface area contributed by atoms with E-state index in [9.17, 15) is 0 Å². The van der Waals surface area contributed by atoms with Crippen LogP contribution in [0.4, 0.5) is 11.4 Å². The maximum absolute atomic E-state index is 4.02. The molecule has 0 saturated carbocycles. The summed E-state index contributed by atoms with van der Waals surface area (Å²) in [4.78, 5) is 0. The van der Waals surface area contributed by atoms with Gasteiger partial charge in [0.25, 0.3) is 0 Å². The number of nitrogens with zero attached hydrogens (tertiary/aromatic N) is 1. The van der Waals surface area contributed by atoms with Gasteiger partial charge in [-0.2, -0.15) is 0 Å². The van der Waals surface area contributed by atoms with Crippen molar-refractivity contribution in [1.29, 1.82) is 0 Å². The van der Waals surface area contributed by atoms with Gasteiger partial charge in [0, 0.05) is 58.8 Å². The van der Waals surface area contributed by atoms with Crippen LogP contribution in [0, 0.1) is 0 Å². The van der Waals surface area contributed by atoms with Crippen LogP contribution >= 0.6 is 11.3 Å². The summed E-state index contributed by atoms with van der Waals surface area (Å²) in [5, 5.41) is 11.7. The average molecular weight is 737 g/mol. The second-order valence-corrected chi connectivity index (χ2v) is 16.6. The van der Waals surface area contributed by atoms with Crippen molar-refractivity contribution in [3.05, 3.63) is 188 Å². The first kappa shape index (κ1) is 33.0. The van der Waals surface area contributed by atoms with Gasteiger partial charge in [-0.25, -0.2) is 0 Å². The van der Waals surface area contributed by atoms with E-state index in [1.165, 1.54) is 86.3 Å². The van der Waals surface area contributed by atoms with Crippen molar-refractivity contribution in [2.75, 3.05) is 5.32 Å². The fourth-order valence-corrected chi connectivity index (χ4v) is 10.4. The minimum Gasteiger partial charge on any atom is -0.355 e. The van der Waals surface area contributed by atoms with Gasteiger partial charge in [0.15, 0.2) is 0 Å². The lowest BCUT2D eigenvalue weighted by Gasteiger charge is -2.31. The Kier molecular flexibility index (Phi) is 7.72. The Labute approximate surface area is 331 Å². The minimum absolute atomic E-state index is 0.177. The number of hydrogen-bond acceptors (Lipinski definition) is 2. The molecule has 2 aromatic heterocycles. The number of fused-ring (bicyclic) bond motifs is 7. The molecule has 9 aromatic rings. The molecule has 0 fully saturated rings. The summed E-state index contributed by atoms with van der Waals surface area (Å²) in [7, 11) is 0. The van der Waals surface area contributed by atoms with E-state index in [1.807, 2.05) is 11.3 Å². The lowest BCUT2D eigenvalue weighted by Crippen LogP contribution is -2.21. The molecule has 0 bridgehead atoms. The van der Waals surface area contributed by atoms with Crippen molar-refractivity contribution in [2.24, 2.45) is 0 Å². The van der Waals surface area contributed by atoms with Crippen LogP contribution in [-0.4, -0.2) is 4.57 Å². The van der Waals surface area contributed by atoms with Crippen molar-refractivity contribution in [1.82, 2.24) is 4.57 Å². The van der Waals surface area contributed by atoms with Crippen molar-refractivity contribution in [3.63, 3.8) is 0 Å². The van der Waals surface area contributed by atoms with Gasteiger partial charge in [-0.05, 0) is 107 Å². The highest BCUT2D eigenvalue weighted by Gasteiger charge is 2.28. The molecule has 1 atom stereocenters. The van der Waals surface area contributed by atoms with Gasteiger partial charge in [0.05, 0.1) is 11.0 Å². The zero-order valence-corrected chi connectivity index (χ0v) is 32.1. The van der Waals surface area contributed by atoms with E-state index in [1.54, 1.807) is 0 Å². The molecular formula is C53H40N2S. The Bertz CT molecular complexity index is 3160. The summed E-state index contributed by atoms with van der Waals surface area (Å²) in [6, 6.07) is 51.9. The van der Waals surface area contributed by atoms with Crippen LogP contribution in [0.15, 0.2) is 182 Å². The molecule has 3 heteroatoms. The van der Waals surface area contributed by atoms with E-state index in [-0.39, 0.29) is 5.41 Å². The molecular weight excluding hydrogens is 697 g/mol. The Morgan fingerprint density at radius 1 is 0.589 bits per heavy atom. The molecule has 2 heterocycles. The quantitative estimate of drug-likeness (QED) is 0.180. The normalized spacial score (nSPS) is 16.8. The maximum Gasteiger partial charge on any atom is 0.0541 e. The number of anilines is 2. The second-order valence-electron chi connectivity index (χ2n) is 15.5. The van der Waals surface area contributed by atoms with Crippen LogP contribution in [0.1, 0.15) is 31.7 Å². The number of benzene rings is 7. The summed E-state index contributed by atoms with van der Waals surface area (Å²) in [5.41, 5.74) is 12.1. The Hall–Kier alpha value is -6.42. The molecule has 1 unspecified atom stereocenters. The number of allylic oxidation sites excluding steroid dienone is 8. The van der Waals surface area contributed by atoms with Crippen LogP contribution < -0.4 is 5.32 Å². The fourth-order valence-electron chi connectivity index (χ4n) is 9.12. The van der Waals surface area contributed by atoms with Crippen molar-refractivity contribution in [2.45, 2.75) is 31.6 Å². The smallest absolute Gasteiger partial charge is 0.0541 e. The summed E-state index contributed by atoms with van der Waals surface area (Å²) in [6.07, 6.45) is 19.1. The number of aromatic nitrogens is 1. The molecule has 0 amide bonds. The molecule has 7 aromatic carbocycles. The van der Waals surface area contributed by atoms with E-state index in [4.69, 9.17) is 0 Å². The van der Waals surface area contributed by atoms with Crippen LogP contribution in [0.5, 0.6) is 0 Å². The lowest BCUT2D eigenvalue weighted by molar-refractivity contribution is 0.602.